The molecule has 210 valence electrons. The minimum atomic E-state index is -0.136. The molecule has 4 aromatic carbocycles. The second-order valence-corrected chi connectivity index (χ2v) is 11.8. The molecule has 0 saturated carbocycles. The number of nitrogens with zero attached hydrogens (tertiary/aromatic N) is 2. The monoisotopic (exact) mass is 551 g/mol. The Hall–Kier alpha value is -4.28. The van der Waals surface area contributed by atoms with Gasteiger partial charge in [0, 0.05) is 17.3 Å². The molecule has 0 unspecified atom stereocenters. The Morgan fingerprint density at radius 1 is 0.810 bits per heavy atom. The van der Waals surface area contributed by atoms with Crippen LogP contribution in [-0.2, 0) is 19.4 Å². The number of aromatic nitrogens is 2. The van der Waals surface area contributed by atoms with E-state index in [9.17, 15) is 4.79 Å². The van der Waals surface area contributed by atoms with Gasteiger partial charge in [-0.1, -0.05) is 90.5 Å². The smallest absolute Gasteiger partial charge is 0.272 e. The SMILES string of the molecule is C1=CC2=C(CC1)CCc1c2ccc2cccc(Cc3cccc(CN4CCCC4)c3)c12.O=c1[nH]ncc2ccccc12. The molecule has 42 heavy (non-hydrogen) atoms. The molecule has 5 aromatic rings. The van der Waals surface area contributed by atoms with Crippen LogP contribution >= 0.6 is 0 Å². The Morgan fingerprint density at radius 2 is 1.64 bits per heavy atom. The summed E-state index contributed by atoms with van der Waals surface area (Å²) in [7, 11) is 0. The molecule has 2 heterocycles. The van der Waals surface area contributed by atoms with Gasteiger partial charge in [0.25, 0.3) is 5.56 Å². The maximum Gasteiger partial charge on any atom is 0.272 e. The van der Waals surface area contributed by atoms with Gasteiger partial charge in [0.1, 0.15) is 0 Å². The van der Waals surface area contributed by atoms with E-state index >= 15 is 0 Å². The maximum atomic E-state index is 11.1. The molecule has 2 aliphatic carbocycles. The van der Waals surface area contributed by atoms with Gasteiger partial charge in [-0.25, -0.2) is 5.10 Å². The Labute approximate surface area is 247 Å². The van der Waals surface area contributed by atoms with Gasteiger partial charge in [-0.15, -0.1) is 0 Å². The topological polar surface area (TPSA) is 49.0 Å². The van der Waals surface area contributed by atoms with Crippen LogP contribution in [0.1, 0.15) is 59.9 Å². The van der Waals surface area contributed by atoms with E-state index in [0.29, 0.717) is 5.39 Å². The molecule has 0 radical (unpaired) electrons. The van der Waals surface area contributed by atoms with Gasteiger partial charge in [-0.05, 0) is 108 Å². The highest BCUT2D eigenvalue weighted by molar-refractivity contribution is 5.96. The number of aryl methyl sites for hydroxylation is 1. The van der Waals surface area contributed by atoms with E-state index in [0.717, 1.165) is 18.4 Å². The molecule has 0 amide bonds. The summed E-state index contributed by atoms with van der Waals surface area (Å²) in [6.45, 7) is 3.61. The van der Waals surface area contributed by atoms with E-state index in [1.807, 2.05) is 18.2 Å². The van der Waals surface area contributed by atoms with Gasteiger partial charge >= 0.3 is 0 Å². The Bertz CT molecular complexity index is 1870. The van der Waals surface area contributed by atoms with Crippen LogP contribution in [0.3, 0.4) is 0 Å². The predicted octanol–water partition coefficient (Wildman–Crippen LogP) is 8.00. The van der Waals surface area contributed by atoms with Crippen LogP contribution in [0.25, 0.3) is 27.1 Å². The van der Waals surface area contributed by atoms with E-state index in [-0.39, 0.29) is 5.56 Å². The van der Waals surface area contributed by atoms with Gasteiger partial charge in [-0.2, -0.15) is 5.10 Å². The van der Waals surface area contributed by atoms with E-state index in [2.05, 4.69) is 81.8 Å². The largest absolute Gasteiger partial charge is 0.299 e. The highest BCUT2D eigenvalue weighted by Gasteiger charge is 2.22. The molecule has 0 spiro atoms. The van der Waals surface area contributed by atoms with Crippen molar-refractivity contribution in [2.24, 2.45) is 0 Å². The van der Waals surface area contributed by atoms with E-state index < -0.39 is 0 Å². The first-order valence-electron chi connectivity index (χ1n) is 15.4. The average molecular weight is 552 g/mol. The summed E-state index contributed by atoms with van der Waals surface area (Å²) in [5.41, 5.74) is 10.5. The molecular formula is C38H37N3O. The fourth-order valence-electron chi connectivity index (χ4n) is 7.02. The number of likely N-dealkylation sites (tertiary alicyclic amines) is 1. The lowest BCUT2D eigenvalue weighted by Gasteiger charge is -2.26. The molecule has 1 N–H and O–H groups in total. The maximum absolute atomic E-state index is 11.1. The van der Waals surface area contributed by atoms with Crippen molar-refractivity contribution in [2.75, 3.05) is 13.1 Å². The number of benzene rings is 4. The quantitative estimate of drug-likeness (QED) is 0.246. The van der Waals surface area contributed by atoms with Crippen LogP contribution in [0.2, 0.25) is 0 Å². The van der Waals surface area contributed by atoms with Crippen LogP contribution in [0, 0.1) is 0 Å². The van der Waals surface area contributed by atoms with Crippen molar-refractivity contribution in [2.45, 2.75) is 51.5 Å². The first kappa shape index (κ1) is 26.6. The zero-order chi connectivity index (χ0) is 28.3. The molecule has 8 rings (SSSR count). The van der Waals surface area contributed by atoms with Crippen LogP contribution in [0.15, 0.2) is 108 Å². The molecule has 4 nitrogen and oxygen atoms in total. The second-order valence-electron chi connectivity index (χ2n) is 11.8. The minimum absolute atomic E-state index is 0.136. The summed E-state index contributed by atoms with van der Waals surface area (Å²) in [6.07, 6.45) is 15.0. The van der Waals surface area contributed by atoms with Crippen LogP contribution < -0.4 is 5.56 Å². The summed E-state index contributed by atoms with van der Waals surface area (Å²) >= 11 is 0. The molecule has 1 aromatic heterocycles. The summed E-state index contributed by atoms with van der Waals surface area (Å²) in [4.78, 5) is 13.7. The first-order chi connectivity index (χ1) is 20.7. The van der Waals surface area contributed by atoms with Crippen molar-refractivity contribution in [3.05, 3.63) is 141 Å². The Morgan fingerprint density at radius 3 is 2.55 bits per heavy atom. The van der Waals surface area contributed by atoms with Crippen molar-refractivity contribution in [1.29, 1.82) is 0 Å². The lowest BCUT2D eigenvalue weighted by molar-refractivity contribution is 0.331. The fourth-order valence-corrected chi connectivity index (χ4v) is 7.02. The van der Waals surface area contributed by atoms with Crippen molar-refractivity contribution in [3.63, 3.8) is 0 Å². The van der Waals surface area contributed by atoms with E-state index in [1.54, 1.807) is 23.4 Å². The summed E-state index contributed by atoms with van der Waals surface area (Å²) < 4.78 is 0. The van der Waals surface area contributed by atoms with Crippen LogP contribution in [0.5, 0.6) is 0 Å². The number of H-pyrrole nitrogens is 1. The van der Waals surface area contributed by atoms with Crippen LogP contribution in [0.4, 0.5) is 0 Å². The minimum Gasteiger partial charge on any atom is -0.299 e. The first-order valence-corrected chi connectivity index (χ1v) is 15.4. The van der Waals surface area contributed by atoms with Crippen molar-refractivity contribution in [1.82, 2.24) is 15.1 Å². The van der Waals surface area contributed by atoms with E-state index in [1.165, 1.54) is 90.2 Å². The highest BCUT2D eigenvalue weighted by Crippen LogP contribution is 2.41. The van der Waals surface area contributed by atoms with Gasteiger partial charge in [0.05, 0.1) is 6.20 Å². The zero-order valence-corrected chi connectivity index (χ0v) is 24.1. The molecule has 3 aliphatic rings. The third kappa shape index (κ3) is 5.47. The number of nitrogens with one attached hydrogen (secondary N) is 1. The van der Waals surface area contributed by atoms with Crippen molar-refractivity contribution in [3.8, 4) is 0 Å². The molecule has 1 aliphatic heterocycles. The second kappa shape index (κ2) is 11.9. The Balaban J connectivity index is 0.000000220. The van der Waals surface area contributed by atoms with Gasteiger partial charge < -0.3 is 0 Å². The number of allylic oxidation sites excluding steroid dienone is 4. The van der Waals surface area contributed by atoms with E-state index in [4.69, 9.17) is 0 Å². The van der Waals surface area contributed by atoms with Gasteiger partial charge in [0.2, 0.25) is 0 Å². The summed E-state index contributed by atoms with van der Waals surface area (Å²) in [5.74, 6) is 0. The van der Waals surface area contributed by atoms with Gasteiger partial charge in [0.15, 0.2) is 0 Å². The fraction of sp³-hybridized carbons (Fsp3) is 0.263. The lowest BCUT2D eigenvalue weighted by atomic mass is 9.78. The molecule has 1 fully saturated rings. The number of hydrogen-bond donors (Lipinski definition) is 1. The van der Waals surface area contributed by atoms with Crippen molar-refractivity contribution < 1.29 is 0 Å². The number of hydrogen-bond acceptors (Lipinski definition) is 3. The molecular weight excluding hydrogens is 514 g/mol. The van der Waals surface area contributed by atoms with Crippen molar-refractivity contribution >= 4 is 27.1 Å². The third-order valence-corrected chi connectivity index (χ3v) is 9.05. The average Bonchev–Trinajstić information content (AvgIpc) is 3.55. The normalized spacial score (nSPS) is 16.3. The third-order valence-electron chi connectivity index (χ3n) is 9.05. The Kier molecular flexibility index (Phi) is 7.55. The zero-order valence-electron chi connectivity index (χ0n) is 24.1. The number of fused-ring (bicyclic) bond motifs is 5. The number of rotatable bonds is 4. The highest BCUT2D eigenvalue weighted by atomic mass is 16.1. The lowest BCUT2D eigenvalue weighted by Crippen LogP contribution is -2.18. The van der Waals surface area contributed by atoms with Crippen LogP contribution in [-0.4, -0.2) is 28.2 Å². The molecule has 4 heteroatoms. The predicted molar refractivity (Wildman–Crippen MR) is 174 cm³/mol. The van der Waals surface area contributed by atoms with Gasteiger partial charge in [-0.3, -0.25) is 9.69 Å². The molecule has 0 atom stereocenters. The molecule has 0 bridgehead atoms. The summed E-state index contributed by atoms with van der Waals surface area (Å²) in [5, 5.41) is 10.5. The number of aromatic amines is 1. The molecule has 1 saturated heterocycles. The standard InChI is InChI=1S/C30H31N.C8H6N2O/c1-2-12-27-24(9-1)13-16-29-28(27)15-14-25-10-6-11-26(30(25)29)20-22-7-5-8-23(19-22)21-31-17-3-4-18-31;11-8-7-4-2-1-3-6(7)5-9-10-8/h2,5-8,10-12,14-15,19H,1,3-4,9,13,16-18,20-21H2;1-5H,(H,10,11). The summed E-state index contributed by atoms with van der Waals surface area (Å²) in [6, 6.07) is 28.3.